The fraction of sp³-hybridized carbons (Fsp3) is 0.0984. The molecule has 3 aliphatic carbocycles. The van der Waals surface area contributed by atoms with Crippen LogP contribution >= 0.6 is 0 Å². The van der Waals surface area contributed by atoms with E-state index in [9.17, 15) is 0 Å². The third kappa shape index (κ3) is 9.22. The molecule has 3 aliphatic rings. The summed E-state index contributed by atoms with van der Waals surface area (Å²) in [5.74, 6) is 1.75. The van der Waals surface area contributed by atoms with E-state index < -0.39 is 0 Å². The van der Waals surface area contributed by atoms with E-state index in [1.165, 1.54) is 37.9 Å². The first-order chi connectivity index (χ1) is 31.0. The van der Waals surface area contributed by atoms with Crippen LogP contribution in [0.15, 0.2) is 237 Å². The number of benzene rings is 5. The average molecular weight is 813 g/mol. The third-order valence-electron chi connectivity index (χ3n) is 12.3. The molecule has 306 valence electrons. The van der Waals surface area contributed by atoms with Gasteiger partial charge in [-0.25, -0.2) is 4.98 Å². The number of imidazole rings is 1. The van der Waals surface area contributed by atoms with Crippen LogP contribution in [0.25, 0.3) is 51.4 Å². The van der Waals surface area contributed by atoms with E-state index in [0.717, 1.165) is 64.3 Å². The van der Waals surface area contributed by atoms with Gasteiger partial charge < -0.3 is 0 Å². The molecular weight excluding hydrogens is 761 g/mol. The van der Waals surface area contributed by atoms with Crippen molar-refractivity contribution in [1.29, 1.82) is 0 Å². The van der Waals surface area contributed by atoms with Gasteiger partial charge in [-0.3, -0.25) is 4.57 Å². The van der Waals surface area contributed by atoms with Gasteiger partial charge >= 0.3 is 0 Å². The van der Waals surface area contributed by atoms with Crippen molar-refractivity contribution >= 4 is 45.7 Å². The van der Waals surface area contributed by atoms with E-state index in [1.807, 2.05) is 24.3 Å². The van der Waals surface area contributed by atoms with E-state index in [0.29, 0.717) is 5.92 Å². The summed E-state index contributed by atoms with van der Waals surface area (Å²) in [6.07, 6.45) is 40.3. The summed E-state index contributed by atoms with van der Waals surface area (Å²) in [5.41, 5.74) is 11.1. The third-order valence-corrected chi connectivity index (χ3v) is 12.3. The van der Waals surface area contributed by atoms with Crippen LogP contribution < -0.4 is 10.4 Å². The lowest BCUT2D eigenvalue weighted by Crippen LogP contribution is -2.30. The molecule has 2 nitrogen and oxygen atoms in total. The number of aromatic nitrogens is 2. The van der Waals surface area contributed by atoms with Crippen molar-refractivity contribution in [3.63, 3.8) is 0 Å². The molecule has 3 atom stereocenters. The number of para-hydroxylation sites is 1. The summed E-state index contributed by atoms with van der Waals surface area (Å²) in [5, 5.41) is 4.83. The van der Waals surface area contributed by atoms with Crippen LogP contribution in [-0.4, -0.2) is 9.55 Å². The fourth-order valence-corrected chi connectivity index (χ4v) is 8.99. The summed E-state index contributed by atoms with van der Waals surface area (Å²) in [6.45, 7) is 13.0. The second kappa shape index (κ2) is 19.0. The molecule has 2 heteroatoms. The van der Waals surface area contributed by atoms with Gasteiger partial charge in [-0.15, -0.1) is 0 Å². The maximum absolute atomic E-state index is 5.06. The fourth-order valence-electron chi connectivity index (χ4n) is 8.99. The molecular formula is C61H52N2. The molecule has 3 unspecified atom stereocenters. The minimum atomic E-state index is 0.239. The van der Waals surface area contributed by atoms with E-state index in [2.05, 4.69) is 219 Å². The normalized spacial score (nSPS) is 21.4. The molecule has 1 aromatic heterocycles. The van der Waals surface area contributed by atoms with Crippen molar-refractivity contribution in [1.82, 2.24) is 9.55 Å². The number of rotatable bonds is 11. The molecule has 1 heterocycles. The Morgan fingerprint density at radius 3 is 2.32 bits per heavy atom. The van der Waals surface area contributed by atoms with Crippen LogP contribution in [0, 0.1) is 17.8 Å². The number of nitrogens with zero attached hydrogens (tertiary/aromatic N) is 2. The maximum Gasteiger partial charge on any atom is 0.144 e. The summed E-state index contributed by atoms with van der Waals surface area (Å²) >= 11 is 0. The van der Waals surface area contributed by atoms with Gasteiger partial charge in [0.25, 0.3) is 0 Å². The van der Waals surface area contributed by atoms with Crippen molar-refractivity contribution in [3.05, 3.63) is 276 Å². The molecule has 0 amide bonds. The summed E-state index contributed by atoms with van der Waals surface area (Å²) < 4.78 is 2.18. The Hall–Kier alpha value is -7.55. The minimum Gasteiger partial charge on any atom is -0.299 e. The van der Waals surface area contributed by atoms with Crippen LogP contribution in [0.4, 0.5) is 0 Å². The Kier molecular flexibility index (Phi) is 12.3. The van der Waals surface area contributed by atoms with Crippen molar-refractivity contribution in [3.8, 4) is 5.69 Å². The van der Waals surface area contributed by atoms with E-state index in [-0.39, 0.29) is 11.8 Å². The lowest BCUT2D eigenvalue weighted by atomic mass is 9.70. The molecule has 0 aliphatic heterocycles. The first kappa shape index (κ1) is 40.8. The molecule has 63 heavy (non-hydrogen) atoms. The molecule has 0 saturated carbocycles. The van der Waals surface area contributed by atoms with E-state index >= 15 is 0 Å². The highest BCUT2D eigenvalue weighted by molar-refractivity contribution is 5.88. The molecule has 0 radical (unpaired) electrons. The smallest absolute Gasteiger partial charge is 0.144 e. The van der Waals surface area contributed by atoms with Crippen LogP contribution in [0.5, 0.6) is 0 Å². The van der Waals surface area contributed by atoms with Crippen LogP contribution in [0.1, 0.15) is 47.5 Å². The Labute approximate surface area is 372 Å². The Balaban J connectivity index is 1.06. The first-order valence-corrected chi connectivity index (χ1v) is 22.0. The lowest BCUT2D eigenvalue weighted by molar-refractivity contribution is 0.395. The largest absolute Gasteiger partial charge is 0.299 e. The van der Waals surface area contributed by atoms with Crippen molar-refractivity contribution in [2.75, 3.05) is 0 Å². The topological polar surface area (TPSA) is 17.8 Å². The van der Waals surface area contributed by atoms with Gasteiger partial charge in [-0.05, 0) is 116 Å². The van der Waals surface area contributed by atoms with Crippen molar-refractivity contribution in [2.45, 2.75) is 19.3 Å². The van der Waals surface area contributed by atoms with Gasteiger partial charge in [0, 0.05) is 23.4 Å². The molecule has 5 aromatic carbocycles. The highest BCUT2D eigenvalue weighted by Crippen LogP contribution is 2.42. The number of allylic oxidation sites excluding steroid dienone is 16. The SMILES string of the molecule is C=C/C=C\c1cn(-c2ccccc2)c(C2=CC3C=CC(=C)C(C/C=C/c4ccc5/c(c4)=C(c4ccc6ccccc6c4)\C=C\CC/C=C/C=5C(=C)/C=C\c4ccccc4)C3C=C2)n1. The van der Waals surface area contributed by atoms with Crippen molar-refractivity contribution in [2.24, 2.45) is 17.8 Å². The Morgan fingerprint density at radius 2 is 1.49 bits per heavy atom. The van der Waals surface area contributed by atoms with Gasteiger partial charge in [0.15, 0.2) is 0 Å². The molecule has 6 aromatic rings. The second-order valence-electron chi connectivity index (χ2n) is 16.4. The van der Waals surface area contributed by atoms with Gasteiger partial charge in [0.2, 0.25) is 0 Å². The quantitative estimate of drug-likeness (QED) is 0.119. The van der Waals surface area contributed by atoms with Crippen LogP contribution in [0.2, 0.25) is 0 Å². The van der Waals surface area contributed by atoms with E-state index in [4.69, 9.17) is 4.98 Å². The second-order valence-corrected chi connectivity index (χ2v) is 16.4. The number of hydrogen-bond donors (Lipinski definition) is 0. The molecule has 0 bridgehead atoms. The number of fused-ring (bicyclic) bond motifs is 3. The molecule has 9 rings (SSSR count). The zero-order valence-electron chi connectivity index (χ0n) is 35.7. The average Bonchev–Trinajstić information content (AvgIpc) is 3.76. The zero-order chi connectivity index (χ0) is 43.0. The highest BCUT2D eigenvalue weighted by Gasteiger charge is 2.31. The van der Waals surface area contributed by atoms with Crippen LogP contribution in [0.3, 0.4) is 0 Å². The first-order valence-electron chi connectivity index (χ1n) is 22.0. The summed E-state index contributed by atoms with van der Waals surface area (Å²) in [7, 11) is 0. The Morgan fingerprint density at radius 1 is 0.714 bits per heavy atom. The molecule has 0 fully saturated rings. The van der Waals surface area contributed by atoms with Gasteiger partial charge in [-0.1, -0.05) is 214 Å². The van der Waals surface area contributed by atoms with Gasteiger partial charge in [-0.2, -0.15) is 0 Å². The lowest BCUT2D eigenvalue weighted by Gasteiger charge is -2.35. The van der Waals surface area contributed by atoms with Crippen LogP contribution in [-0.2, 0) is 0 Å². The summed E-state index contributed by atoms with van der Waals surface area (Å²) in [4.78, 5) is 5.06. The highest BCUT2D eigenvalue weighted by atomic mass is 15.1. The predicted molar refractivity (Wildman–Crippen MR) is 270 cm³/mol. The number of hydrogen-bond acceptors (Lipinski definition) is 1. The maximum atomic E-state index is 5.06. The van der Waals surface area contributed by atoms with Crippen molar-refractivity contribution < 1.29 is 0 Å². The van der Waals surface area contributed by atoms with Gasteiger partial charge in [0.1, 0.15) is 5.82 Å². The standard InChI is InChI=1S/C61H52N2/c1-4-5-24-53-43-63(54-25-12-9-13-26-54)61(62-53)52-37-39-58-50(42-52)34-31-45(3)55(58)29-18-21-47-33-38-59-56(44(2)30-32-46-19-10-8-11-20-46)27-14-6-7-15-28-57(60(59)40-47)51-36-35-48-22-16-17-23-49(48)41-51/h4-5,8-28,30-43,50,55,58H,1-3,6-7,29H2/b21-18+,24-5-,27-14+,28-15+,32-30-,59-56-,60-57+. The minimum absolute atomic E-state index is 0.239. The summed E-state index contributed by atoms with van der Waals surface area (Å²) in [6, 6.07) is 43.2. The van der Waals surface area contributed by atoms with Gasteiger partial charge in [0.05, 0.1) is 5.69 Å². The van der Waals surface area contributed by atoms with E-state index in [1.54, 1.807) is 6.08 Å². The monoisotopic (exact) mass is 812 g/mol. The molecule has 0 N–H and O–H groups in total. The molecule has 0 spiro atoms. The zero-order valence-corrected chi connectivity index (χ0v) is 35.7. The molecule has 0 saturated heterocycles. The predicted octanol–water partition coefficient (Wildman–Crippen LogP) is 13.8. The Bertz CT molecular complexity index is 3080.